The molecule has 0 radical (unpaired) electrons. The Kier molecular flexibility index (Phi) is 3.70. The largest absolute Gasteiger partial charge is 0.361 e. The Balaban J connectivity index is 1.84. The SMILES string of the molecule is CC(C)N=C(NN)C1C=C2c3cccc4[nH]cc(c34)CC2N(C)C1. The molecule has 1 aliphatic heterocycles. The van der Waals surface area contributed by atoms with Crippen LogP contribution in [0.15, 0.2) is 35.5 Å². The number of fused-ring (bicyclic) bond motifs is 2. The van der Waals surface area contributed by atoms with E-state index >= 15 is 0 Å². The highest BCUT2D eigenvalue weighted by Gasteiger charge is 2.34. The monoisotopic (exact) mass is 323 g/mol. The molecule has 2 aromatic rings. The molecule has 4 rings (SSSR count). The van der Waals surface area contributed by atoms with Gasteiger partial charge in [0.25, 0.3) is 0 Å². The van der Waals surface area contributed by atoms with E-state index in [9.17, 15) is 0 Å². The number of nitrogens with one attached hydrogen (secondary N) is 2. The molecule has 5 heteroatoms. The van der Waals surface area contributed by atoms with Crippen LogP contribution in [0.3, 0.4) is 0 Å². The second-order valence-electron chi connectivity index (χ2n) is 7.18. The molecule has 4 N–H and O–H groups in total. The molecule has 24 heavy (non-hydrogen) atoms. The molecular formula is C19H25N5. The van der Waals surface area contributed by atoms with E-state index in [2.05, 4.69) is 71.7 Å². The van der Waals surface area contributed by atoms with Gasteiger partial charge in [0.05, 0.1) is 0 Å². The summed E-state index contributed by atoms with van der Waals surface area (Å²) >= 11 is 0. The maximum atomic E-state index is 5.77. The lowest BCUT2D eigenvalue weighted by molar-refractivity contribution is 0.264. The minimum absolute atomic E-state index is 0.199. The number of aromatic nitrogens is 1. The van der Waals surface area contributed by atoms with Crippen molar-refractivity contribution in [3.63, 3.8) is 0 Å². The van der Waals surface area contributed by atoms with Gasteiger partial charge in [-0.3, -0.25) is 9.89 Å². The van der Waals surface area contributed by atoms with Gasteiger partial charge in [-0.2, -0.15) is 0 Å². The molecule has 5 nitrogen and oxygen atoms in total. The minimum atomic E-state index is 0.199. The third-order valence-corrected chi connectivity index (χ3v) is 5.16. The van der Waals surface area contributed by atoms with Crippen molar-refractivity contribution in [3.8, 4) is 0 Å². The Labute approximate surface area is 142 Å². The van der Waals surface area contributed by atoms with Crippen LogP contribution in [0.4, 0.5) is 0 Å². The molecule has 2 unspecified atom stereocenters. The van der Waals surface area contributed by atoms with Gasteiger partial charge in [0.15, 0.2) is 0 Å². The number of aliphatic imine (C=N–C) groups is 1. The zero-order valence-electron chi connectivity index (χ0n) is 14.5. The molecule has 0 spiro atoms. The number of hydrogen-bond donors (Lipinski definition) is 3. The summed E-state index contributed by atoms with van der Waals surface area (Å²) in [5, 5.41) is 1.37. The maximum absolute atomic E-state index is 5.77. The molecular weight excluding hydrogens is 298 g/mol. The van der Waals surface area contributed by atoms with Crippen molar-refractivity contribution in [2.45, 2.75) is 32.4 Å². The van der Waals surface area contributed by atoms with Crippen molar-refractivity contribution in [1.29, 1.82) is 0 Å². The van der Waals surface area contributed by atoms with E-state index in [0.717, 1.165) is 18.8 Å². The number of hydrazine groups is 1. The summed E-state index contributed by atoms with van der Waals surface area (Å²) in [7, 11) is 2.20. The molecule has 126 valence electrons. The van der Waals surface area contributed by atoms with Gasteiger partial charge in [-0.1, -0.05) is 18.2 Å². The van der Waals surface area contributed by atoms with Crippen LogP contribution in [-0.4, -0.2) is 41.4 Å². The number of hydrogen-bond acceptors (Lipinski definition) is 3. The third-order valence-electron chi connectivity index (χ3n) is 5.16. The molecule has 0 saturated heterocycles. The van der Waals surface area contributed by atoms with Crippen molar-refractivity contribution >= 4 is 22.3 Å². The van der Waals surface area contributed by atoms with E-state index in [1.54, 1.807) is 0 Å². The van der Waals surface area contributed by atoms with Gasteiger partial charge in [-0.25, -0.2) is 5.84 Å². The van der Waals surface area contributed by atoms with Crippen molar-refractivity contribution < 1.29 is 0 Å². The van der Waals surface area contributed by atoms with Crippen molar-refractivity contribution in [1.82, 2.24) is 15.3 Å². The number of rotatable bonds is 2. The first-order valence-corrected chi connectivity index (χ1v) is 8.64. The fraction of sp³-hybridized carbons (Fsp3) is 0.421. The van der Waals surface area contributed by atoms with Gasteiger partial charge >= 0.3 is 0 Å². The molecule has 0 fully saturated rings. The summed E-state index contributed by atoms with van der Waals surface area (Å²) in [6.07, 6.45) is 5.59. The lowest BCUT2D eigenvalue weighted by Gasteiger charge is -2.40. The Morgan fingerprint density at radius 3 is 3.00 bits per heavy atom. The number of likely N-dealkylation sites (N-methyl/N-ethyl adjacent to an activating group) is 1. The van der Waals surface area contributed by atoms with Gasteiger partial charge in [-0.05, 0) is 50.1 Å². The van der Waals surface area contributed by atoms with Crippen LogP contribution < -0.4 is 11.3 Å². The fourth-order valence-corrected chi connectivity index (χ4v) is 4.14. The lowest BCUT2D eigenvalue weighted by atomic mass is 9.79. The van der Waals surface area contributed by atoms with Crippen LogP contribution in [0.2, 0.25) is 0 Å². The predicted molar refractivity (Wildman–Crippen MR) is 99.8 cm³/mol. The highest BCUT2D eigenvalue weighted by atomic mass is 15.3. The van der Waals surface area contributed by atoms with Gasteiger partial charge in [0.2, 0.25) is 0 Å². The fourth-order valence-electron chi connectivity index (χ4n) is 4.14. The lowest BCUT2D eigenvalue weighted by Crippen LogP contribution is -2.48. The number of benzene rings is 1. The average molecular weight is 323 g/mol. The summed E-state index contributed by atoms with van der Waals surface area (Å²) in [6, 6.07) is 7.18. The summed E-state index contributed by atoms with van der Waals surface area (Å²) < 4.78 is 0. The predicted octanol–water partition coefficient (Wildman–Crippen LogP) is 2.31. The second-order valence-corrected chi connectivity index (χ2v) is 7.18. The molecule has 0 amide bonds. The molecule has 1 aromatic heterocycles. The molecule has 1 aromatic carbocycles. The van der Waals surface area contributed by atoms with Crippen LogP contribution in [0.25, 0.3) is 16.5 Å². The number of nitrogens with zero attached hydrogens (tertiary/aromatic N) is 2. The topological polar surface area (TPSA) is 69.4 Å². The van der Waals surface area contributed by atoms with E-state index in [0.29, 0.717) is 6.04 Å². The first-order chi connectivity index (χ1) is 11.6. The zero-order chi connectivity index (χ0) is 16.8. The number of H-pyrrole nitrogens is 1. The first kappa shape index (κ1) is 15.4. The van der Waals surface area contributed by atoms with Gasteiger partial charge < -0.3 is 10.4 Å². The Bertz CT molecular complexity index is 829. The Morgan fingerprint density at radius 1 is 1.42 bits per heavy atom. The van der Waals surface area contributed by atoms with Crippen molar-refractivity contribution in [3.05, 3.63) is 41.6 Å². The highest BCUT2D eigenvalue weighted by molar-refractivity contribution is 5.99. The maximum Gasteiger partial charge on any atom is 0.119 e. The summed E-state index contributed by atoms with van der Waals surface area (Å²) in [4.78, 5) is 10.5. The number of aromatic amines is 1. The molecule has 2 heterocycles. The van der Waals surface area contributed by atoms with Crippen LogP contribution in [-0.2, 0) is 6.42 Å². The molecule has 1 aliphatic carbocycles. The van der Waals surface area contributed by atoms with E-state index in [1.165, 1.54) is 27.6 Å². The summed E-state index contributed by atoms with van der Waals surface area (Å²) in [5.74, 6) is 6.84. The van der Waals surface area contributed by atoms with Gasteiger partial charge in [0, 0.05) is 41.6 Å². The number of nitrogens with two attached hydrogens (primary N) is 1. The Morgan fingerprint density at radius 2 is 2.25 bits per heavy atom. The van der Waals surface area contributed by atoms with Crippen LogP contribution >= 0.6 is 0 Å². The average Bonchev–Trinajstić information content (AvgIpc) is 2.98. The molecule has 0 saturated carbocycles. The van der Waals surface area contributed by atoms with Gasteiger partial charge in [-0.15, -0.1) is 0 Å². The van der Waals surface area contributed by atoms with E-state index in [-0.39, 0.29) is 12.0 Å². The normalized spacial score (nSPS) is 24.2. The van der Waals surface area contributed by atoms with Crippen molar-refractivity contribution in [2.24, 2.45) is 16.8 Å². The second kappa shape index (κ2) is 5.76. The highest BCUT2D eigenvalue weighted by Crippen LogP contribution is 2.40. The quantitative estimate of drug-likeness (QED) is 0.344. The van der Waals surface area contributed by atoms with Crippen molar-refractivity contribution in [2.75, 3.05) is 13.6 Å². The van der Waals surface area contributed by atoms with Gasteiger partial charge in [0.1, 0.15) is 5.84 Å². The van der Waals surface area contributed by atoms with E-state index < -0.39 is 0 Å². The summed E-state index contributed by atoms with van der Waals surface area (Å²) in [6.45, 7) is 5.08. The van der Waals surface area contributed by atoms with E-state index in [4.69, 9.17) is 5.84 Å². The van der Waals surface area contributed by atoms with E-state index in [1.807, 2.05) is 0 Å². The Hall–Kier alpha value is -2.11. The van der Waals surface area contributed by atoms with Crippen LogP contribution in [0.1, 0.15) is 25.0 Å². The summed E-state index contributed by atoms with van der Waals surface area (Å²) in [5.41, 5.74) is 8.22. The molecule has 2 aliphatic rings. The molecule has 2 atom stereocenters. The van der Waals surface area contributed by atoms with Crippen LogP contribution in [0, 0.1) is 5.92 Å². The van der Waals surface area contributed by atoms with Crippen LogP contribution in [0.5, 0.6) is 0 Å². The zero-order valence-corrected chi connectivity index (χ0v) is 14.5. The smallest absolute Gasteiger partial charge is 0.119 e. The standard InChI is InChI=1S/C19H25N5/c1-11(2)22-19(23-20)13-7-15-14-5-4-6-16-18(14)12(9-21-16)8-17(15)24(3)10-13/h4-7,9,11,13,17,21H,8,10,20H2,1-3H3,(H,22,23). The third kappa shape index (κ3) is 2.36. The number of amidine groups is 1. The molecule has 0 bridgehead atoms. The first-order valence-electron chi connectivity index (χ1n) is 8.64. The minimum Gasteiger partial charge on any atom is -0.361 e.